The van der Waals surface area contributed by atoms with Crippen molar-refractivity contribution < 1.29 is 4.79 Å². The number of nitrogens with zero attached hydrogens (tertiary/aromatic N) is 1. The number of carbonyl (C=O) groups is 1. The van der Waals surface area contributed by atoms with E-state index < -0.39 is 0 Å². The molecule has 0 aliphatic rings. The predicted molar refractivity (Wildman–Crippen MR) is 57.7 cm³/mol. The van der Waals surface area contributed by atoms with Gasteiger partial charge >= 0.3 is 0 Å². The topological polar surface area (TPSA) is 32.3 Å². The Labute approximate surface area is 81.8 Å². The van der Waals surface area contributed by atoms with Gasteiger partial charge in [0.1, 0.15) is 0 Å². The number of amides is 1. The second-order valence-corrected chi connectivity index (χ2v) is 2.65. The summed E-state index contributed by atoms with van der Waals surface area (Å²) < 4.78 is 0. The second kappa shape index (κ2) is 11.2. The lowest BCUT2D eigenvalue weighted by atomic mass is 10.4. The van der Waals surface area contributed by atoms with Crippen molar-refractivity contribution in [1.29, 1.82) is 0 Å². The molecule has 0 unspecified atom stereocenters. The first-order valence-corrected chi connectivity index (χ1v) is 4.72. The zero-order chi connectivity index (χ0) is 10.7. The van der Waals surface area contributed by atoms with Crippen molar-refractivity contribution >= 4 is 5.91 Å². The molecule has 0 atom stereocenters. The Kier molecular flexibility index (Phi) is 12.6. The van der Waals surface area contributed by atoms with Gasteiger partial charge in [-0.05, 0) is 33.1 Å². The molecule has 0 heterocycles. The van der Waals surface area contributed by atoms with E-state index in [1.807, 2.05) is 27.9 Å². The van der Waals surface area contributed by atoms with Gasteiger partial charge in [0.05, 0.1) is 0 Å². The van der Waals surface area contributed by atoms with Crippen molar-refractivity contribution in [3.05, 3.63) is 12.7 Å². The predicted octanol–water partition coefficient (Wildman–Crippen LogP) is 1.27. The van der Waals surface area contributed by atoms with E-state index in [1.165, 1.54) is 6.08 Å². The van der Waals surface area contributed by atoms with Crippen molar-refractivity contribution in [2.45, 2.75) is 20.3 Å². The lowest BCUT2D eigenvalue weighted by molar-refractivity contribution is -0.116. The van der Waals surface area contributed by atoms with Crippen LogP contribution >= 0.6 is 0 Å². The highest BCUT2D eigenvalue weighted by Gasteiger charge is 1.92. The summed E-state index contributed by atoms with van der Waals surface area (Å²) in [6.07, 6.45) is 2.27. The van der Waals surface area contributed by atoms with Crippen molar-refractivity contribution in [2.75, 3.05) is 27.2 Å². The molecule has 0 spiro atoms. The van der Waals surface area contributed by atoms with Crippen LogP contribution in [0.2, 0.25) is 0 Å². The number of hydrogen-bond donors (Lipinski definition) is 1. The Hall–Kier alpha value is -0.830. The highest BCUT2D eigenvalue weighted by atomic mass is 16.1. The third kappa shape index (κ3) is 14.1. The smallest absolute Gasteiger partial charge is 0.243 e. The molecular weight excluding hydrogens is 164 g/mol. The van der Waals surface area contributed by atoms with Crippen LogP contribution in [0.5, 0.6) is 0 Å². The maximum Gasteiger partial charge on any atom is 0.243 e. The lowest BCUT2D eigenvalue weighted by Gasteiger charge is -2.08. The maximum atomic E-state index is 10.6. The molecule has 0 aliphatic carbocycles. The second-order valence-electron chi connectivity index (χ2n) is 2.65. The molecule has 3 heteroatoms. The molecule has 0 fully saturated rings. The fraction of sp³-hybridized carbons (Fsp3) is 0.700. The maximum absolute atomic E-state index is 10.6. The van der Waals surface area contributed by atoms with Gasteiger partial charge in [-0.15, -0.1) is 0 Å². The van der Waals surface area contributed by atoms with E-state index in [2.05, 4.69) is 16.8 Å². The van der Waals surface area contributed by atoms with E-state index in [4.69, 9.17) is 0 Å². The summed E-state index contributed by atoms with van der Waals surface area (Å²) in [6, 6.07) is 0. The first-order valence-electron chi connectivity index (χ1n) is 4.72. The summed E-state index contributed by atoms with van der Waals surface area (Å²) in [6.45, 7) is 9.07. The van der Waals surface area contributed by atoms with E-state index in [9.17, 15) is 4.79 Å². The SMILES string of the molecule is C=CC(=O)NCCCN(C)C.CC. The van der Waals surface area contributed by atoms with Crippen LogP contribution < -0.4 is 5.32 Å². The molecule has 1 N–H and O–H groups in total. The monoisotopic (exact) mass is 186 g/mol. The lowest BCUT2D eigenvalue weighted by Crippen LogP contribution is -2.25. The molecule has 0 aliphatic heterocycles. The van der Waals surface area contributed by atoms with E-state index in [1.54, 1.807) is 0 Å². The van der Waals surface area contributed by atoms with E-state index in [0.29, 0.717) is 0 Å². The van der Waals surface area contributed by atoms with Crippen molar-refractivity contribution in [3.8, 4) is 0 Å². The van der Waals surface area contributed by atoms with E-state index in [-0.39, 0.29) is 5.91 Å². The van der Waals surface area contributed by atoms with Crippen molar-refractivity contribution in [1.82, 2.24) is 10.2 Å². The number of hydrogen-bond acceptors (Lipinski definition) is 2. The quantitative estimate of drug-likeness (QED) is 0.518. The standard InChI is InChI=1S/C8H16N2O.C2H6/c1-4-8(11)9-6-5-7-10(2)3;1-2/h4H,1,5-7H2,2-3H3,(H,9,11);1-2H3. The Morgan fingerprint density at radius 2 is 2.00 bits per heavy atom. The molecule has 0 aromatic heterocycles. The molecule has 13 heavy (non-hydrogen) atoms. The molecule has 0 bridgehead atoms. The molecule has 0 radical (unpaired) electrons. The highest BCUT2D eigenvalue weighted by molar-refractivity contribution is 5.86. The van der Waals surface area contributed by atoms with Crippen LogP contribution in [0.3, 0.4) is 0 Å². The van der Waals surface area contributed by atoms with Gasteiger partial charge in [-0.2, -0.15) is 0 Å². The third-order valence-corrected chi connectivity index (χ3v) is 1.27. The summed E-state index contributed by atoms with van der Waals surface area (Å²) in [5, 5.41) is 2.70. The fourth-order valence-corrected chi connectivity index (χ4v) is 0.679. The van der Waals surface area contributed by atoms with Crippen LogP contribution in [0.1, 0.15) is 20.3 Å². The minimum Gasteiger partial charge on any atom is -0.353 e. The Morgan fingerprint density at radius 1 is 1.46 bits per heavy atom. The summed E-state index contributed by atoms with van der Waals surface area (Å²) in [5.41, 5.74) is 0. The minimum absolute atomic E-state index is 0.0937. The van der Waals surface area contributed by atoms with Crippen molar-refractivity contribution in [3.63, 3.8) is 0 Å². The van der Waals surface area contributed by atoms with Crippen LogP contribution in [0.4, 0.5) is 0 Å². The highest BCUT2D eigenvalue weighted by Crippen LogP contribution is 1.80. The van der Waals surface area contributed by atoms with E-state index in [0.717, 1.165) is 19.5 Å². The summed E-state index contributed by atoms with van der Waals surface area (Å²) in [5.74, 6) is -0.0937. The molecular formula is C10H22N2O. The van der Waals surface area contributed by atoms with Gasteiger partial charge in [0.2, 0.25) is 5.91 Å². The van der Waals surface area contributed by atoms with Gasteiger partial charge in [0.15, 0.2) is 0 Å². The van der Waals surface area contributed by atoms with Gasteiger partial charge in [0.25, 0.3) is 0 Å². The number of rotatable bonds is 5. The van der Waals surface area contributed by atoms with E-state index >= 15 is 0 Å². The number of nitrogens with one attached hydrogen (secondary N) is 1. The normalized spacial score (nSPS) is 8.69. The van der Waals surface area contributed by atoms with Gasteiger partial charge in [-0.25, -0.2) is 0 Å². The average molecular weight is 186 g/mol. The molecule has 0 aromatic carbocycles. The van der Waals surface area contributed by atoms with Crippen LogP contribution in [0.25, 0.3) is 0 Å². The van der Waals surface area contributed by atoms with Gasteiger partial charge in [0, 0.05) is 6.54 Å². The molecule has 78 valence electrons. The van der Waals surface area contributed by atoms with Gasteiger partial charge in [-0.1, -0.05) is 20.4 Å². The average Bonchev–Trinajstić information content (AvgIpc) is 2.15. The van der Waals surface area contributed by atoms with Gasteiger partial charge in [-0.3, -0.25) is 4.79 Å². The molecule has 0 saturated heterocycles. The largest absolute Gasteiger partial charge is 0.353 e. The summed E-state index contributed by atoms with van der Waals surface area (Å²) in [7, 11) is 4.02. The first kappa shape index (κ1) is 14.7. The third-order valence-electron chi connectivity index (χ3n) is 1.27. The Bertz CT molecular complexity index is 133. The first-order chi connectivity index (χ1) is 6.16. The van der Waals surface area contributed by atoms with Gasteiger partial charge < -0.3 is 10.2 Å². The zero-order valence-electron chi connectivity index (χ0n) is 9.26. The van der Waals surface area contributed by atoms with Crippen LogP contribution in [-0.4, -0.2) is 38.0 Å². The molecule has 0 saturated carbocycles. The Balaban J connectivity index is 0. The number of carbonyl (C=O) groups excluding carboxylic acids is 1. The van der Waals surface area contributed by atoms with Crippen LogP contribution in [0.15, 0.2) is 12.7 Å². The van der Waals surface area contributed by atoms with Crippen molar-refractivity contribution in [2.24, 2.45) is 0 Å². The summed E-state index contributed by atoms with van der Waals surface area (Å²) >= 11 is 0. The van der Waals surface area contributed by atoms with Crippen LogP contribution in [-0.2, 0) is 4.79 Å². The minimum atomic E-state index is -0.0937. The molecule has 0 rings (SSSR count). The molecule has 0 aromatic rings. The fourth-order valence-electron chi connectivity index (χ4n) is 0.679. The Morgan fingerprint density at radius 3 is 2.38 bits per heavy atom. The van der Waals surface area contributed by atoms with Crippen LogP contribution in [0, 0.1) is 0 Å². The zero-order valence-corrected chi connectivity index (χ0v) is 9.26. The molecule has 3 nitrogen and oxygen atoms in total. The molecule has 1 amide bonds. The summed E-state index contributed by atoms with van der Waals surface area (Å²) in [4.78, 5) is 12.7.